The van der Waals surface area contributed by atoms with Gasteiger partial charge in [-0.2, -0.15) is 0 Å². The molecule has 0 spiro atoms. The second-order valence-electron chi connectivity index (χ2n) is 36.3. The number of hydrogen-bond acceptors (Lipinski definition) is 11. The summed E-state index contributed by atoms with van der Waals surface area (Å²) in [4.78, 5) is 21.7. The minimum atomic E-state index is 0.620. The summed E-state index contributed by atoms with van der Waals surface area (Å²) >= 11 is 12.3. The van der Waals surface area contributed by atoms with E-state index in [0.29, 0.717) is 5.92 Å². The first kappa shape index (κ1) is 94.2. The van der Waals surface area contributed by atoms with E-state index in [4.69, 9.17) is 23.2 Å². The third-order valence-electron chi connectivity index (χ3n) is 25.7. The minimum Gasteiger partial charge on any atom is -0.355 e. The van der Waals surface area contributed by atoms with Crippen molar-refractivity contribution in [3.63, 3.8) is 0 Å². The van der Waals surface area contributed by atoms with E-state index in [1.54, 1.807) is 0 Å². The maximum atomic E-state index is 6.27. The summed E-state index contributed by atoms with van der Waals surface area (Å²) in [5.41, 5.74) is 34.9. The lowest BCUT2D eigenvalue weighted by Gasteiger charge is -2.30. The maximum Gasteiger partial charge on any atom is 0.0458 e. The molecule has 670 valence electrons. The molecule has 13 aromatic carbocycles. The molecule has 6 heterocycles. The number of likely N-dealkylation sites (N-methyl/N-ethyl adjacent to an activating group) is 1. The van der Waals surface area contributed by atoms with E-state index in [2.05, 4.69) is 402 Å². The molecule has 1 unspecified atom stereocenters. The Morgan fingerprint density at radius 3 is 0.884 bits per heavy atom. The van der Waals surface area contributed by atoms with Gasteiger partial charge < -0.3 is 54.7 Å². The summed E-state index contributed by atoms with van der Waals surface area (Å²) in [6.45, 7) is 14.1. The molecule has 0 aromatic heterocycles. The van der Waals surface area contributed by atoms with Crippen LogP contribution in [-0.4, -0.2) is 148 Å². The Bertz CT molecular complexity index is 5430. The normalized spacial score (nSPS) is 13.8. The summed E-state index contributed by atoms with van der Waals surface area (Å²) in [5, 5.41) is 8.37. The van der Waals surface area contributed by atoms with E-state index in [-0.39, 0.29) is 0 Å². The van der Waals surface area contributed by atoms with Crippen molar-refractivity contribution >= 4 is 91.5 Å². The van der Waals surface area contributed by atoms with Crippen LogP contribution in [0.4, 0.5) is 68.2 Å². The number of fused-ring (bicyclic) bond motifs is 12. The van der Waals surface area contributed by atoms with Crippen molar-refractivity contribution in [1.29, 1.82) is 0 Å². The molecule has 0 saturated heterocycles. The molecule has 13 heteroatoms. The molecule has 0 saturated carbocycles. The lowest BCUT2D eigenvalue weighted by molar-refractivity contribution is 0.335. The Morgan fingerprint density at radius 1 is 0.287 bits per heavy atom. The number of nitrogens with zero attached hydrogens (tertiary/aromatic N) is 9. The smallest absolute Gasteiger partial charge is 0.0458 e. The van der Waals surface area contributed by atoms with Gasteiger partial charge in [0, 0.05) is 124 Å². The predicted octanol–water partition coefficient (Wildman–Crippen LogP) is 25.7. The first-order valence-corrected chi connectivity index (χ1v) is 48.2. The summed E-state index contributed by atoms with van der Waals surface area (Å²) in [6.07, 6.45) is 19.1. The highest BCUT2D eigenvalue weighted by Crippen LogP contribution is 2.43. The second kappa shape index (κ2) is 48.1. The fourth-order valence-electron chi connectivity index (χ4n) is 19.2. The van der Waals surface area contributed by atoms with Crippen molar-refractivity contribution in [3.05, 3.63) is 392 Å². The van der Waals surface area contributed by atoms with Gasteiger partial charge in [0.1, 0.15) is 0 Å². The second-order valence-corrected chi connectivity index (χ2v) is 37.1. The van der Waals surface area contributed by atoms with Gasteiger partial charge in [-0.25, -0.2) is 0 Å². The van der Waals surface area contributed by atoms with Crippen molar-refractivity contribution in [2.75, 3.05) is 158 Å². The number of aryl methyl sites for hydroxylation is 12. The summed E-state index contributed by atoms with van der Waals surface area (Å²) < 4.78 is 0. The summed E-state index contributed by atoms with van der Waals surface area (Å²) in [7, 11) is 17.1. The Kier molecular flexibility index (Phi) is 35.1. The van der Waals surface area contributed by atoms with Gasteiger partial charge in [-0.1, -0.05) is 249 Å². The molecule has 13 aromatic rings. The van der Waals surface area contributed by atoms with E-state index >= 15 is 0 Å². The van der Waals surface area contributed by atoms with Crippen molar-refractivity contribution in [2.45, 2.75) is 116 Å². The van der Waals surface area contributed by atoms with E-state index in [1.165, 1.54) is 147 Å². The first-order chi connectivity index (χ1) is 63.1. The van der Waals surface area contributed by atoms with E-state index in [9.17, 15) is 0 Å². The zero-order valence-corrected chi connectivity index (χ0v) is 79.6. The van der Waals surface area contributed by atoms with Crippen molar-refractivity contribution in [3.8, 4) is 0 Å². The van der Waals surface area contributed by atoms with E-state index < -0.39 is 0 Å². The molecule has 129 heavy (non-hydrogen) atoms. The molecular weight excluding hydrogens is 1620 g/mol. The molecule has 6 aliphatic heterocycles. The number of halogens is 2. The fourth-order valence-corrected chi connectivity index (χ4v) is 19.5. The average Bonchev–Trinajstić information content (AvgIpc) is 1.68. The summed E-state index contributed by atoms with van der Waals surface area (Å²) in [6, 6.07) is 111. The van der Waals surface area contributed by atoms with Gasteiger partial charge in [0.2, 0.25) is 0 Å². The number of benzene rings is 13. The van der Waals surface area contributed by atoms with Gasteiger partial charge >= 0.3 is 0 Å². The topological polar surface area (TPSA) is 53.2 Å². The highest BCUT2D eigenvalue weighted by Gasteiger charge is 2.27. The number of hydrogen-bond donors (Lipinski definition) is 2. The lowest BCUT2D eigenvalue weighted by Crippen LogP contribution is -2.30. The molecule has 0 aliphatic carbocycles. The van der Waals surface area contributed by atoms with E-state index in [0.717, 1.165) is 185 Å². The van der Waals surface area contributed by atoms with Gasteiger partial charge in [0.25, 0.3) is 0 Å². The number of anilines is 12. The standard InChI is InChI=1S/C26H29ClN2.C20H26N2.C19H23ClN2.C19H24N2.C18H22N2.C14H13N/c1-28(20-17-21-11-15-24(27)16-12-21)18-6-19-29-25-9-4-2-7-22(25)13-14-23-8-3-5-10-26(23)29;1-16(14-21(2)3)15-22-19-10-6-4-8-17(19)12-13-18-9-5-7-11-20(18)22;1-21(2)12-5-13-22-18-7-4-3-6-15(18)8-9-16-10-11-17(20)14-19(16)22;1-20(2)14-7-15-21-18-10-5-3-8-16(18)12-13-17-9-4-6-11-19(17)21;1-19-13-6-14-20-17-9-4-2-7-15(17)11-12-16-8-3-5-10-18(16)20;1-3-7-13-11(5-1)9-10-12-6-2-4-8-14(12)15-13/h2-5,7-12,15-16H,6,13-14,17-20H2,1H3;4-11,16H,12-15H2,1-3H3;3-4,6-7,10-11,14H,5,8-9,12-13H2,1-2H3;3-6,8-11H,7,12-15H2,1-2H3;2-5,7-10,19H,6,11-14H2,1H3;1-8,15H,9-10H2. The number of para-hydroxylation sites is 11. The van der Waals surface area contributed by atoms with Crippen LogP contribution in [0.1, 0.15) is 105 Å². The molecule has 11 nitrogen and oxygen atoms in total. The molecule has 6 aliphatic rings. The van der Waals surface area contributed by atoms with Crippen molar-refractivity contribution < 1.29 is 0 Å². The lowest BCUT2D eigenvalue weighted by atomic mass is 10.0. The van der Waals surface area contributed by atoms with Crippen LogP contribution in [0.2, 0.25) is 10.0 Å². The SMILES string of the molecule is CC(CN(C)C)CN1c2ccccc2CCc2ccccc21.CN(C)CCCN1c2ccccc2CCc2ccc(Cl)cc21.CN(C)CCCN1c2ccccc2CCc2ccccc21.CN(CCCN1c2ccccc2CCc2ccccc21)CCc1ccc(Cl)cc1.CNCCCN1c2ccccc2CCc2ccccc21.c1ccc2c(c1)CCc1ccccc1N2. The molecule has 1 atom stereocenters. The van der Waals surface area contributed by atoms with Crippen LogP contribution in [-0.2, 0) is 83.5 Å². The van der Waals surface area contributed by atoms with Gasteiger partial charge in [-0.05, 0) is 361 Å². The molecule has 0 bridgehead atoms. The summed E-state index contributed by atoms with van der Waals surface area (Å²) in [5.74, 6) is 0.620. The monoisotopic (exact) mass is 1750 g/mol. The Hall–Kier alpha value is -11.0. The molecular formula is C116H137Cl2N11. The quantitative estimate of drug-likeness (QED) is 0.0603. The first-order valence-electron chi connectivity index (χ1n) is 47.4. The Morgan fingerprint density at radius 2 is 0.558 bits per heavy atom. The van der Waals surface area contributed by atoms with Gasteiger partial charge in [0.05, 0.1) is 0 Å². The molecule has 2 N–H and O–H groups in total. The zero-order valence-electron chi connectivity index (χ0n) is 78.1. The van der Waals surface area contributed by atoms with Gasteiger partial charge in [-0.15, -0.1) is 0 Å². The molecule has 19 rings (SSSR count). The highest BCUT2D eigenvalue weighted by molar-refractivity contribution is 6.31. The predicted molar refractivity (Wildman–Crippen MR) is 555 cm³/mol. The van der Waals surface area contributed by atoms with Crippen LogP contribution in [0.5, 0.6) is 0 Å². The zero-order chi connectivity index (χ0) is 89.6. The Balaban J connectivity index is 0.000000126. The van der Waals surface area contributed by atoms with Crippen LogP contribution in [0.3, 0.4) is 0 Å². The molecule has 0 radical (unpaired) electrons. The number of rotatable bonds is 23. The van der Waals surface area contributed by atoms with Crippen LogP contribution >= 0.6 is 23.2 Å². The van der Waals surface area contributed by atoms with Gasteiger partial charge in [0.15, 0.2) is 0 Å². The van der Waals surface area contributed by atoms with Crippen LogP contribution in [0, 0.1) is 5.92 Å². The number of nitrogens with one attached hydrogen (secondary N) is 2. The van der Waals surface area contributed by atoms with Crippen LogP contribution < -0.4 is 35.1 Å². The van der Waals surface area contributed by atoms with E-state index in [1.807, 2.05) is 25.2 Å². The minimum absolute atomic E-state index is 0.620. The van der Waals surface area contributed by atoms with Crippen molar-refractivity contribution in [2.24, 2.45) is 5.92 Å². The fraction of sp³-hybridized carbons (Fsp3) is 0.328. The van der Waals surface area contributed by atoms with Crippen LogP contribution in [0.15, 0.2) is 309 Å². The largest absolute Gasteiger partial charge is 0.355 e. The maximum absolute atomic E-state index is 6.27. The Labute approximate surface area is 783 Å². The van der Waals surface area contributed by atoms with Crippen LogP contribution in [0.25, 0.3) is 0 Å². The van der Waals surface area contributed by atoms with Crippen molar-refractivity contribution in [1.82, 2.24) is 24.9 Å². The van der Waals surface area contributed by atoms with Gasteiger partial charge in [-0.3, -0.25) is 0 Å². The third-order valence-corrected chi connectivity index (χ3v) is 26.2. The third kappa shape index (κ3) is 26.2. The highest BCUT2D eigenvalue weighted by atomic mass is 35.5. The molecule has 0 fully saturated rings. The molecule has 0 amide bonds. The average molecular weight is 1760 g/mol.